The molecule has 1 saturated heterocycles. The van der Waals surface area contributed by atoms with Gasteiger partial charge in [0.2, 0.25) is 5.91 Å². The Hall–Kier alpha value is -1.65. The molecule has 2 heterocycles. The molecule has 1 aromatic heterocycles. The van der Waals surface area contributed by atoms with E-state index in [1.807, 2.05) is 4.90 Å². The van der Waals surface area contributed by atoms with Crippen molar-refractivity contribution in [2.75, 3.05) is 25.0 Å². The van der Waals surface area contributed by atoms with Gasteiger partial charge in [0.15, 0.2) is 0 Å². The molecule has 5 nitrogen and oxygen atoms in total. The number of hydrogen-bond acceptors (Lipinski definition) is 4. The molecule has 1 amide bonds. The minimum atomic E-state index is 0.235. The van der Waals surface area contributed by atoms with E-state index in [9.17, 15) is 4.79 Å². The molecule has 0 bridgehead atoms. The van der Waals surface area contributed by atoms with Crippen molar-refractivity contribution in [3.63, 3.8) is 0 Å². The van der Waals surface area contributed by atoms with Gasteiger partial charge in [-0.2, -0.15) is 0 Å². The normalized spacial score (nSPS) is 15.1. The summed E-state index contributed by atoms with van der Waals surface area (Å²) in [5.74, 6) is 1.00. The van der Waals surface area contributed by atoms with E-state index < -0.39 is 0 Å². The number of likely N-dealkylation sites (tertiary alicyclic amines) is 1. The molecule has 0 saturated carbocycles. The summed E-state index contributed by atoms with van der Waals surface area (Å²) in [6, 6.07) is 1.79. The fraction of sp³-hybridized carbons (Fsp3) is 0.545. The Morgan fingerprint density at radius 3 is 2.94 bits per heavy atom. The zero-order valence-electron chi connectivity index (χ0n) is 9.22. The molecular formula is C11H16N4O. The largest absolute Gasteiger partial charge is 0.369 e. The molecule has 1 aliphatic heterocycles. The van der Waals surface area contributed by atoms with Crippen LogP contribution < -0.4 is 5.32 Å². The second-order valence-electron chi connectivity index (χ2n) is 3.86. The molecule has 86 valence electrons. The number of nitrogens with zero attached hydrogens (tertiary/aromatic N) is 3. The average Bonchev–Trinajstić information content (AvgIpc) is 2.84. The molecule has 0 aromatic carbocycles. The van der Waals surface area contributed by atoms with Crippen LogP contribution in [-0.4, -0.2) is 40.4 Å². The van der Waals surface area contributed by atoms with Crippen molar-refractivity contribution in [1.29, 1.82) is 0 Å². The Balaban J connectivity index is 1.70. The van der Waals surface area contributed by atoms with Crippen LogP contribution in [0.15, 0.2) is 18.6 Å². The first-order valence-corrected chi connectivity index (χ1v) is 5.64. The van der Waals surface area contributed by atoms with Gasteiger partial charge in [-0.3, -0.25) is 4.79 Å². The summed E-state index contributed by atoms with van der Waals surface area (Å²) in [5, 5.41) is 3.10. The van der Waals surface area contributed by atoms with Crippen LogP contribution in [0.25, 0.3) is 0 Å². The maximum Gasteiger partial charge on any atom is 0.224 e. The van der Waals surface area contributed by atoms with Gasteiger partial charge in [-0.15, -0.1) is 0 Å². The van der Waals surface area contributed by atoms with E-state index >= 15 is 0 Å². The maximum absolute atomic E-state index is 11.7. The third-order valence-electron chi connectivity index (χ3n) is 2.69. The number of carbonyl (C=O) groups is 1. The van der Waals surface area contributed by atoms with Gasteiger partial charge in [-0.25, -0.2) is 9.97 Å². The van der Waals surface area contributed by atoms with Gasteiger partial charge in [0.25, 0.3) is 0 Å². The first-order chi connectivity index (χ1) is 7.86. The van der Waals surface area contributed by atoms with E-state index in [2.05, 4.69) is 15.3 Å². The topological polar surface area (TPSA) is 58.1 Å². The van der Waals surface area contributed by atoms with Crippen molar-refractivity contribution in [2.24, 2.45) is 0 Å². The minimum Gasteiger partial charge on any atom is -0.369 e. The third kappa shape index (κ3) is 2.92. The minimum absolute atomic E-state index is 0.235. The Bertz CT molecular complexity index is 335. The van der Waals surface area contributed by atoms with Crippen molar-refractivity contribution in [3.8, 4) is 0 Å². The lowest BCUT2D eigenvalue weighted by molar-refractivity contribution is -0.129. The van der Waals surface area contributed by atoms with E-state index in [0.717, 1.165) is 31.7 Å². The highest BCUT2D eigenvalue weighted by atomic mass is 16.2. The lowest BCUT2D eigenvalue weighted by Crippen LogP contribution is -2.29. The number of amides is 1. The van der Waals surface area contributed by atoms with Gasteiger partial charge in [0.1, 0.15) is 12.1 Å². The summed E-state index contributed by atoms with van der Waals surface area (Å²) in [4.78, 5) is 21.5. The highest BCUT2D eigenvalue weighted by molar-refractivity contribution is 5.76. The van der Waals surface area contributed by atoms with E-state index in [1.165, 1.54) is 6.33 Å². The summed E-state index contributed by atoms with van der Waals surface area (Å²) in [7, 11) is 0. The van der Waals surface area contributed by atoms with E-state index in [1.54, 1.807) is 12.3 Å². The quantitative estimate of drug-likeness (QED) is 0.819. The van der Waals surface area contributed by atoms with Crippen molar-refractivity contribution in [2.45, 2.75) is 19.3 Å². The molecule has 16 heavy (non-hydrogen) atoms. The van der Waals surface area contributed by atoms with Crippen LogP contribution >= 0.6 is 0 Å². The Morgan fingerprint density at radius 2 is 2.25 bits per heavy atom. The first kappa shape index (κ1) is 10.9. The molecule has 1 N–H and O–H groups in total. The van der Waals surface area contributed by atoms with Crippen LogP contribution in [0.2, 0.25) is 0 Å². The lowest BCUT2D eigenvalue weighted by atomic mass is 10.3. The average molecular weight is 220 g/mol. The van der Waals surface area contributed by atoms with E-state index in [4.69, 9.17) is 0 Å². The second-order valence-corrected chi connectivity index (χ2v) is 3.86. The molecule has 1 aromatic rings. The first-order valence-electron chi connectivity index (χ1n) is 5.64. The van der Waals surface area contributed by atoms with Gasteiger partial charge >= 0.3 is 0 Å². The fourth-order valence-electron chi connectivity index (χ4n) is 1.82. The van der Waals surface area contributed by atoms with Crippen molar-refractivity contribution in [1.82, 2.24) is 14.9 Å². The SMILES string of the molecule is O=C(CCNc1ccncn1)N1CCCC1. The molecule has 1 fully saturated rings. The molecule has 5 heteroatoms. The van der Waals surface area contributed by atoms with E-state index in [-0.39, 0.29) is 5.91 Å². The molecule has 0 spiro atoms. The van der Waals surface area contributed by atoms with Gasteiger partial charge in [0.05, 0.1) is 0 Å². The zero-order chi connectivity index (χ0) is 11.2. The zero-order valence-corrected chi connectivity index (χ0v) is 9.22. The third-order valence-corrected chi connectivity index (χ3v) is 2.69. The number of rotatable bonds is 4. The summed E-state index contributed by atoms with van der Waals surface area (Å²) >= 11 is 0. The summed E-state index contributed by atoms with van der Waals surface area (Å²) < 4.78 is 0. The molecule has 1 aliphatic rings. The monoisotopic (exact) mass is 220 g/mol. The van der Waals surface area contributed by atoms with Crippen molar-refractivity contribution < 1.29 is 4.79 Å². The molecular weight excluding hydrogens is 204 g/mol. The Morgan fingerprint density at radius 1 is 1.44 bits per heavy atom. The van der Waals surface area contributed by atoms with Gasteiger partial charge < -0.3 is 10.2 Å². The van der Waals surface area contributed by atoms with E-state index in [0.29, 0.717) is 13.0 Å². The van der Waals surface area contributed by atoms with Gasteiger partial charge in [-0.05, 0) is 18.9 Å². The summed E-state index contributed by atoms with van der Waals surface area (Å²) in [5.41, 5.74) is 0. The summed E-state index contributed by atoms with van der Waals surface area (Å²) in [6.45, 7) is 2.48. The van der Waals surface area contributed by atoms with Crippen LogP contribution in [0.1, 0.15) is 19.3 Å². The number of aromatic nitrogens is 2. The number of hydrogen-bond donors (Lipinski definition) is 1. The van der Waals surface area contributed by atoms with Gasteiger partial charge in [-0.1, -0.05) is 0 Å². The number of anilines is 1. The predicted octanol–water partition coefficient (Wildman–Crippen LogP) is 0.901. The number of nitrogens with one attached hydrogen (secondary N) is 1. The standard InChI is InChI=1S/C11H16N4O/c16-11(15-7-1-2-8-15)4-6-13-10-3-5-12-9-14-10/h3,5,9H,1-2,4,6-8H2,(H,12,13,14). The van der Waals surface area contributed by atoms with Crippen LogP contribution in [0, 0.1) is 0 Å². The maximum atomic E-state index is 11.7. The van der Waals surface area contributed by atoms with Crippen LogP contribution in [0.3, 0.4) is 0 Å². The molecule has 0 aliphatic carbocycles. The van der Waals surface area contributed by atoms with Crippen molar-refractivity contribution in [3.05, 3.63) is 18.6 Å². The second kappa shape index (κ2) is 5.44. The Kier molecular flexibility index (Phi) is 3.69. The summed E-state index contributed by atoms with van der Waals surface area (Å²) in [6.07, 6.45) is 5.99. The van der Waals surface area contributed by atoms with Crippen LogP contribution in [0.4, 0.5) is 5.82 Å². The smallest absolute Gasteiger partial charge is 0.224 e. The fourth-order valence-corrected chi connectivity index (χ4v) is 1.82. The Labute approximate surface area is 94.9 Å². The lowest BCUT2D eigenvalue weighted by Gasteiger charge is -2.15. The van der Waals surface area contributed by atoms with Crippen LogP contribution in [-0.2, 0) is 4.79 Å². The molecule has 2 rings (SSSR count). The highest BCUT2D eigenvalue weighted by Gasteiger charge is 2.16. The highest BCUT2D eigenvalue weighted by Crippen LogP contribution is 2.08. The van der Waals surface area contributed by atoms with Crippen molar-refractivity contribution >= 4 is 11.7 Å². The van der Waals surface area contributed by atoms with Crippen LogP contribution in [0.5, 0.6) is 0 Å². The van der Waals surface area contributed by atoms with Gasteiger partial charge in [0, 0.05) is 32.3 Å². The molecule has 0 atom stereocenters. The predicted molar refractivity (Wildman–Crippen MR) is 61.0 cm³/mol. The molecule has 0 unspecified atom stereocenters. The molecule has 0 radical (unpaired) electrons. The number of carbonyl (C=O) groups excluding carboxylic acids is 1.